The van der Waals surface area contributed by atoms with Crippen molar-refractivity contribution in [3.63, 3.8) is 0 Å². The van der Waals surface area contributed by atoms with E-state index in [-0.39, 0.29) is 147 Å². The van der Waals surface area contributed by atoms with Crippen molar-refractivity contribution in [3.8, 4) is 89.4 Å². The summed E-state index contributed by atoms with van der Waals surface area (Å²) in [6, 6.07) is 93.9. The minimum absolute atomic E-state index is 0. The third-order valence-electron chi connectivity index (χ3n) is 29.8. The molecule has 17 rings (SSSR count). The van der Waals surface area contributed by atoms with Gasteiger partial charge in [0.25, 0.3) is 0 Å². The fourth-order valence-electron chi connectivity index (χ4n) is 21.1. The summed E-state index contributed by atoms with van der Waals surface area (Å²) in [6.45, 7) is 53.4. The van der Waals surface area contributed by atoms with Gasteiger partial charge in [0.1, 0.15) is 0 Å². The van der Waals surface area contributed by atoms with Crippen molar-refractivity contribution in [2.24, 2.45) is 41.4 Å². The van der Waals surface area contributed by atoms with Crippen LogP contribution in [0.4, 0.5) is 0 Å². The monoisotopic (exact) mass is 2450 g/mol. The van der Waals surface area contributed by atoms with Gasteiger partial charge in [-0.05, 0) is 244 Å². The van der Waals surface area contributed by atoms with Gasteiger partial charge in [-0.1, -0.05) is 317 Å². The molecule has 0 saturated carbocycles. The standard InChI is InChI=1S/C32H26N.C31H24N.C30H30N.3C13H24O2.3Ir/c1-20-9-7-11-22(15-20)25-18-30(23-12-8-10-21(2)16-23)33-31-19-29-26(17-27(25)31)24-13-5-6-14-28(24)32(29,3)4;1-20-10-9-13-22(16-20)29-18-24(21-11-5-4-6-12-21)26-17-25-23-14-7-8-15-27(23)31(2,3)28(25)19-30(26)32-29;1-18(2)11-21-15-28(22-13-19(3)12-20(4)14-22)31-29-17-27-25(16-24(21)29)23-9-7-8-10-26(23)30(27,5)6;3*1-5-10(6-2)12(14)9-13(15)11(7-3)8-4;;;/h5-11,13-19H,1-4H3;4-12,14-19H,1-3H3;7-10,12-13,15-18H,11H2,1-6H3;3*9-11,14H,5-8H2,1-4H3;;;/q3*-1;;;;;;. The van der Waals surface area contributed by atoms with Crippen LogP contribution in [0, 0.1) is 94.2 Å². The maximum absolute atomic E-state index is 11.7. The number of aliphatic hydroxyl groups excluding tert-OH is 3. The van der Waals surface area contributed by atoms with E-state index in [4.69, 9.17) is 15.0 Å². The van der Waals surface area contributed by atoms with Crippen LogP contribution >= 0.6 is 0 Å². The summed E-state index contributed by atoms with van der Waals surface area (Å²) in [6.07, 6.45) is 15.8. The van der Waals surface area contributed by atoms with Gasteiger partial charge in [0.05, 0.1) is 33.8 Å². The number of hydrogen-bond acceptors (Lipinski definition) is 9. The van der Waals surface area contributed by atoms with Crippen LogP contribution in [-0.2, 0) is 97.4 Å². The van der Waals surface area contributed by atoms with E-state index in [1.807, 2.05) is 95.2 Å². The molecule has 3 aliphatic rings. The molecule has 0 bridgehead atoms. The molecule has 0 amide bonds. The van der Waals surface area contributed by atoms with Crippen molar-refractivity contribution in [1.29, 1.82) is 0 Å². The molecule has 11 aromatic carbocycles. The third-order valence-corrected chi connectivity index (χ3v) is 29.8. The summed E-state index contributed by atoms with van der Waals surface area (Å²) < 4.78 is 0. The Kier molecular flexibility index (Phi) is 42.6. The number of allylic oxidation sites excluding steroid dienone is 6. The zero-order chi connectivity index (χ0) is 102. The number of aryl methyl sites for hydroxylation is 5. The molecule has 3 N–H and O–H groups in total. The minimum atomic E-state index is -0.0449. The molecule has 9 nitrogen and oxygen atoms in total. The zero-order valence-electron chi connectivity index (χ0n) is 89.8. The molecular formula is C132H152Ir3N3O6-3. The van der Waals surface area contributed by atoms with Crippen molar-refractivity contribution in [2.45, 2.75) is 273 Å². The van der Waals surface area contributed by atoms with Gasteiger partial charge in [0, 0.05) is 146 Å². The molecule has 3 heterocycles. The average Bonchev–Trinajstić information content (AvgIpc) is 1.55. The van der Waals surface area contributed by atoms with Gasteiger partial charge in [0.15, 0.2) is 17.3 Å². The molecule has 0 saturated heterocycles. The van der Waals surface area contributed by atoms with Crippen LogP contribution in [0.3, 0.4) is 0 Å². The van der Waals surface area contributed by atoms with Crippen LogP contribution in [0.2, 0.25) is 0 Å². The second-order valence-electron chi connectivity index (χ2n) is 41.2. The van der Waals surface area contributed by atoms with E-state index in [9.17, 15) is 29.7 Å². The van der Waals surface area contributed by atoms with Crippen molar-refractivity contribution >= 4 is 50.1 Å². The van der Waals surface area contributed by atoms with E-state index in [1.165, 1.54) is 151 Å². The topological polar surface area (TPSA) is 151 Å². The molecule has 0 spiro atoms. The molecule has 144 heavy (non-hydrogen) atoms. The Bertz CT molecular complexity index is 6750. The van der Waals surface area contributed by atoms with Gasteiger partial charge in [-0.3, -0.25) is 29.3 Å². The Balaban J connectivity index is 0.000000199. The Morgan fingerprint density at radius 2 is 0.618 bits per heavy atom. The quantitative estimate of drug-likeness (QED) is 0.0247. The number of fused-ring (bicyclic) bond motifs is 12. The molecule has 3 aromatic heterocycles. The number of hydrogen-bond donors (Lipinski definition) is 3. The summed E-state index contributed by atoms with van der Waals surface area (Å²) in [5, 5.41) is 33.0. The van der Waals surface area contributed by atoms with Crippen molar-refractivity contribution in [2.75, 3.05) is 0 Å². The molecule has 0 atom stereocenters. The Hall–Kier alpha value is -10.8. The molecule has 3 aliphatic carbocycles. The molecule has 0 aliphatic heterocycles. The summed E-state index contributed by atoms with van der Waals surface area (Å²) in [7, 11) is 0. The van der Waals surface area contributed by atoms with E-state index < -0.39 is 0 Å². The minimum Gasteiger partial charge on any atom is -0.512 e. The van der Waals surface area contributed by atoms with Crippen LogP contribution < -0.4 is 0 Å². The Labute approximate surface area is 902 Å². The number of benzene rings is 11. The first-order valence-electron chi connectivity index (χ1n) is 52.2. The first-order chi connectivity index (χ1) is 67.5. The predicted octanol–water partition coefficient (Wildman–Crippen LogP) is 35.7. The van der Waals surface area contributed by atoms with Crippen LogP contribution in [0.1, 0.15) is 282 Å². The van der Waals surface area contributed by atoms with Crippen molar-refractivity contribution in [3.05, 3.63) is 351 Å². The van der Waals surface area contributed by atoms with Crippen LogP contribution in [0.15, 0.2) is 266 Å². The summed E-state index contributed by atoms with van der Waals surface area (Å²) >= 11 is 0. The van der Waals surface area contributed by atoms with Crippen LogP contribution in [0.5, 0.6) is 0 Å². The number of aromatic nitrogens is 3. The van der Waals surface area contributed by atoms with E-state index in [0.29, 0.717) is 5.92 Å². The van der Waals surface area contributed by atoms with E-state index >= 15 is 0 Å². The van der Waals surface area contributed by atoms with Crippen LogP contribution in [0.25, 0.3) is 122 Å². The number of aliphatic hydroxyl groups is 3. The molecule has 0 fully saturated rings. The maximum atomic E-state index is 11.7. The summed E-state index contributed by atoms with van der Waals surface area (Å²) in [5.41, 5.74) is 37.9. The number of nitrogens with zero attached hydrogens (tertiary/aromatic N) is 3. The zero-order valence-corrected chi connectivity index (χ0v) is 97.0. The summed E-state index contributed by atoms with van der Waals surface area (Å²) in [5.74, 6) is 2.22. The summed E-state index contributed by atoms with van der Waals surface area (Å²) in [4.78, 5) is 50.6. The number of ketones is 3. The van der Waals surface area contributed by atoms with Crippen molar-refractivity contribution < 1.29 is 90.0 Å². The van der Waals surface area contributed by atoms with Gasteiger partial charge in [0.2, 0.25) is 0 Å². The Morgan fingerprint density at radius 3 is 0.958 bits per heavy atom. The second-order valence-corrected chi connectivity index (χ2v) is 41.2. The fraction of sp³-hybridized carbons (Fsp3) is 0.364. The first kappa shape index (κ1) is 117. The van der Waals surface area contributed by atoms with E-state index in [0.717, 1.165) is 139 Å². The van der Waals surface area contributed by atoms with Crippen LogP contribution in [-0.4, -0.2) is 47.6 Å². The van der Waals surface area contributed by atoms with Gasteiger partial charge in [-0.15, -0.1) is 106 Å². The smallest absolute Gasteiger partial charge is 0.162 e. The largest absolute Gasteiger partial charge is 0.512 e. The molecule has 0 unspecified atom stereocenters. The molecule has 3 radical (unpaired) electrons. The number of carbonyl (C=O) groups is 3. The van der Waals surface area contributed by atoms with Crippen molar-refractivity contribution in [1.82, 2.24) is 15.0 Å². The van der Waals surface area contributed by atoms with Gasteiger partial charge < -0.3 is 15.3 Å². The molecule has 12 heteroatoms. The van der Waals surface area contributed by atoms with E-state index in [2.05, 4.69) is 327 Å². The second kappa shape index (κ2) is 52.5. The average molecular weight is 2450 g/mol. The van der Waals surface area contributed by atoms with E-state index in [1.54, 1.807) is 0 Å². The predicted molar refractivity (Wildman–Crippen MR) is 595 cm³/mol. The maximum Gasteiger partial charge on any atom is 0.162 e. The van der Waals surface area contributed by atoms with Gasteiger partial charge in [-0.2, -0.15) is 0 Å². The number of rotatable bonds is 28. The Morgan fingerprint density at radius 1 is 0.306 bits per heavy atom. The number of pyridine rings is 3. The first-order valence-corrected chi connectivity index (χ1v) is 52.2. The van der Waals surface area contributed by atoms with Gasteiger partial charge in [-0.25, -0.2) is 0 Å². The third kappa shape index (κ3) is 26.8. The SMILES string of the molecule is CCC(CC)C(=O)C=C(O)C(CC)CC.CCC(CC)C(=O)C=C(O)C(CC)CC.CCC(CC)C(=O)C=C(O)C(CC)CC.Cc1[c-]c(-c2cc(CC(C)C)c3cc4c(cc3n2)C(C)(C)c2ccccc2-4)cc(C)c1.Cc1cc[c-]c(-c2cc(-c3cccc(C)c3)c3cc4c(cc3n2)C(C)(C)c2ccccc2-4)c1.Cc1cc[c-]c(-c2cc(-c3ccccc3)c3cc4c(cc3n2)C(C)(C)c2ccccc2-4)c1.[Ir].[Ir].[Ir]. The molecule has 761 valence electrons. The van der Waals surface area contributed by atoms with Gasteiger partial charge >= 0.3 is 0 Å². The molecular weight excluding hydrogens is 2300 g/mol. The normalized spacial score (nSPS) is 13.2. The molecule has 14 aromatic rings. The fourth-order valence-corrected chi connectivity index (χ4v) is 21.1. The number of carbonyl (C=O) groups excluding carboxylic acids is 3.